The molecule has 2 heterocycles. The lowest BCUT2D eigenvalue weighted by Crippen LogP contribution is -2.61. The van der Waals surface area contributed by atoms with Crippen molar-refractivity contribution in [1.82, 2.24) is 4.98 Å². The number of carboxylic acid groups (broad SMARTS) is 1. The van der Waals surface area contributed by atoms with E-state index < -0.39 is 36.7 Å². The maximum Gasteiger partial charge on any atom is 0.335 e. The molecule has 10 heteroatoms. The highest BCUT2D eigenvalue weighted by Crippen LogP contribution is 2.38. The Labute approximate surface area is 148 Å². The number of rotatable bonds is 3. The summed E-state index contributed by atoms with van der Waals surface area (Å²) >= 11 is 9.51. The number of benzene rings is 1. The summed E-state index contributed by atoms with van der Waals surface area (Å²) in [6.45, 7) is 0. The van der Waals surface area contributed by atoms with Crippen LogP contribution < -0.4 is 4.74 Å². The summed E-state index contributed by atoms with van der Waals surface area (Å²) in [5, 5.41) is 39.4. The predicted molar refractivity (Wildman–Crippen MR) is 86.0 cm³/mol. The second-order valence-electron chi connectivity index (χ2n) is 5.29. The number of ether oxygens (including phenoxy) is 2. The topological polar surface area (TPSA) is 132 Å². The van der Waals surface area contributed by atoms with Crippen LogP contribution in [-0.2, 0) is 9.53 Å². The minimum atomic E-state index is -1.78. The maximum atomic E-state index is 11.1. The number of aromatic nitrogens is 1. The fraction of sp³-hybridized carbons (Fsp3) is 0.357. The van der Waals surface area contributed by atoms with Crippen molar-refractivity contribution < 1.29 is 34.7 Å². The molecule has 1 saturated heterocycles. The maximum absolute atomic E-state index is 11.1. The van der Waals surface area contributed by atoms with E-state index in [9.17, 15) is 20.1 Å². The zero-order valence-corrected chi connectivity index (χ0v) is 14.2. The van der Waals surface area contributed by atoms with Crippen LogP contribution in [0.4, 0.5) is 0 Å². The Morgan fingerprint density at radius 1 is 1.25 bits per heavy atom. The first-order valence-corrected chi connectivity index (χ1v) is 8.02. The fourth-order valence-corrected chi connectivity index (χ4v) is 3.08. The van der Waals surface area contributed by atoms with E-state index in [0.717, 1.165) is 0 Å². The van der Waals surface area contributed by atoms with Crippen molar-refractivity contribution >= 4 is 44.4 Å². The van der Waals surface area contributed by atoms with Gasteiger partial charge in [0.2, 0.25) is 6.29 Å². The van der Waals surface area contributed by atoms with Gasteiger partial charge in [0.1, 0.15) is 24.1 Å². The number of carbonyl (C=O) groups is 1. The van der Waals surface area contributed by atoms with Crippen LogP contribution in [0.3, 0.4) is 0 Å². The Hall–Kier alpha value is -1.36. The molecule has 24 heavy (non-hydrogen) atoms. The average molecular weight is 423 g/mol. The normalized spacial score (nSPS) is 30.5. The van der Waals surface area contributed by atoms with Crippen molar-refractivity contribution in [3.8, 4) is 5.75 Å². The molecule has 0 aliphatic carbocycles. The fourth-order valence-electron chi connectivity index (χ4n) is 2.49. The number of hydrogen-bond donors (Lipinski definition) is 5. The monoisotopic (exact) mass is 421 g/mol. The van der Waals surface area contributed by atoms with Crippen molar-refractivity contribution in [2.75, 3.05) is 0 Å². The molecule has 0 saturated carbocycles. The van der Waals surface area contributed by atoms with Gasteiger partial charge < -0.3 is 34.9 Å². The lowest BCUT2D eigenvalue weighted by atomic mass is 9.99. The van der Waals surface area contributed by atoms with E-state index in [-0.39, 0.29) is 5.75 Å². The zero-order valence-electron chi connectivity index (χ0n) is 11.9. The molecule has 5 atom stereocenters. The Kier molecular flexibility index (Phi) is 4.73. The Morgan fingerprint density at radius 2 is 1.96 bits per heavy atom. The molecule has 0 radical (unpaired) electrons. The standard InChI is InChI=1S/C14H13BrClNO7/c15-4-1-2-5-7(8(4)16)6(3-17-5)23-14-11(20)9(18)10(19)12(24-14)13(21)22/h1-3,9-12,14,17-20H,(H,21,22)/t9?,10-,11?,12?,14+/m0/s1. The molecule has 0 spiro atoms. The first-order valence-electron chi connectivity index (χ1n) is 6.85. The number of aliphatic hydroxyl groups is 3. The molecule has 0 amide bonds. The summed E-state index contributed by atoms with van der Waals surface area (Å²) in [6.07, 6.45) is -6.94. The number of aromatic amines is 1. The third-order valence-electron chi connectivity index (χ3n) is 3.76. The molecule has 130 valence electrons. The zero-order chi connectivity index (χ0) is 17.6. The van der Waals surface area contributed by atoms with Crippen molar-refractivity contribution in [3.05, 3.63) is 27.8 Å². The molecule has 1 aliphatic heterocycles. The number of aliphatic hydroxyl groups excluding tert-OH is 3. The van der Waals surface area contributed by atoms with Gasteiger partial charge >= 0.3 is 5.97 Å². The summed E-state index contributed by atoms with van der Waals surface area (Å²) in [5.41, 5.74) is 0.652. The molecule has 1 fully saturated rings. The Bertz CT molecular complexity index is 782. The Morgan fingerprint density at radius 3 is 2.62 bits per heavy atom. The van der Waals surface area contributed by atoms with E-state index in [4.69, 9.17) is 26.2 Å². The largest absolute Gasteiger partial charge is 0.479 e. The highest BCUT2D eigenvalue weighted by molar-refractivity contribution is 9.10. The van der Waals surface area contributed by atoms with Crippen molar-refractivity contribution in [2.24, 2.45) is 0 Å². The summed E-state index contributed by atoms with van der Waals surface area (Å²) in [5.74, 6) is -1.28. The van der Waals surface area contributed by atoms with Crippen LogP contribution in [0.1, 0.15) is 0 Å². The van der Waals surface area contributed by atoms with Crippen LogP contribution in [0.15, 0.2) is 22.8 Å². The first kappa shape index (κ1) is 17.5. The lowest BCUT2D eigenvalue weighted by Gasteiger charge is -2.38. The third-order valence-corrected chi connectivity index (χ3v) is 5.04. The van der Waals surface area contributed by atoms with E-state index in [0.29, 0.717) is 20.4 Å². The molecule has 1 aromatic heterocycles. The number of aliphatic carboxylic acids is 1. The second-order valence-corrected chi connectivity index (χ2v) is 6.52. The summed E-state index contributed by atoms with van der Waals surface area (Å²) in [4.78, 5) is 14.0. The van der Waals surface area contributed by atoms with E-state index in [1.54, 1.807) is 12.1 Å². The summed E-state index contributed by atoms with van der Waals surface area (Å²) < 4.78 is 11.2. The number of nitrogens with one attached hydrogen (secondary N) is 1. The van der Waals surface area contributed by atoms with Crippen molar-refractivity contribution in [1.29, 1.82) is 0 Å². The van der Waals surface area contributed by atoms with Crippen LogP contribution in [0.2, 0.25) is 5.02 Å². The number of fused-ring (bicyclic) bond motifs is 1. The molecule has 1 aromatic carbocycles. The van der Waals surface area contributed by atoms with Crippen LogP contribution in [0.5, 0.6) is 5.75 Å². The van der Waals surface area contributed by atoms with Gasteiger partial charge in [-0.05, 0) is 28.1 Å². The average Bonchev–Trinajstić information content (AvgIpc) is 2.94. The quantitative estimate of drug-likeness (QED) is 0.495. The molecule has 1 aliphatic rings. The van der Waals surface area contributed by atoms with Crippen molar-refractivity contribution in [3.63, 3.8) is 0 Å². The van der Waals surface area contributed by atoms with Crippen molar-refractivity contribution in [2.45, 2.75) is 30.7 Å². The van der Waals surface area contributed by atoms with Gasteiger partial charge in [-0.25, -0.2) is 4.79 Å². The Balaban J connectivity index is 1.93. The number of hydrogen-bond acceptors (Lipinski definition) is 6. The van der Waals surface area contributed by atoms with E-state index >= 15 is 0 Å². The van der Waals surface area contributed by atoms with Gasteiger partial charge in [0.25, 0.3) is 0 Å². The minimum Gasteiger partial charge on any atom is -0.479 e. The predicted octanol–water partition coefficient (Wildman–Crippen LogP) is 0.855. The van der Waals surface area contributed by atoms with Gasteiger partial charge in [-0.1, -0.05) is 11.6 Å². The SMILES string of the molecule is O=C(O)C1O[C@@H](Oc2c[nH]c3ccc(Br)c(Cl)c23)C(O)C(O)[C@@H]1O. The highest BCUT2D eigenvalue weighted by atomic mass is 79.9. The van der Waals surface area contributed by atoms with Crippen LogP contribution in [0, 0.1) is 0 Å². The second kappa shape index (κ2) is 6.51. The van der Waals surface area contributed by atoms with Gasteiger partial charge in [0, 0.05) is 10.7 Å². The van der Waals surface area contributed by atoms with Gasteiger partial charge in [-0.3, -0.25) is 0 Å². The first-order chi connectivity index (χ1) is 11.3. The number of carboxylic acids is 1. The molecule has 3 rings (SSSR count). The van der Waals surface area contributed by atoms with Crippen LogP contribution in [-0.4, -0.2) is 62.1 Å². The number of H-pyrrole nitrogens is 1. The molecule has 5 N–H and O–H groups in total. The van der Waals surface area contributed by atoms with Crippen LogP contribution >= 0.6 is 27.5 Å². The van der Waals surface area contributed by atoms with Gasteiger partial charge in [-0.15, -0.1) is 0 Å². The summed E-state index contributed by atoms with van der Waals surface area (Å²) in [7, 11) is 0. The lowest BCUT2D eigenvalue weighted by molar-refractivity contribution is -0.270. The van der Waals surface area contributed by atoms with E-state index in [1.165, 1.54) is 6.20 Å². The molecule has 8 nitrogen and oxygen atoms in total. The third kappa shape index (κ3) is 2.87. The van der Waals surface area contributed by atoms with E-state index in [2.05, 4.69) is 20.9 Å². The molecule has 0 bridgehead atoms. The van der Waals surface area contributed by atoms with Crippen LogP contribution in [0.25, 0.3) is 10.9 Å². The molecule has 3 unspecified atom stereocenters. The highest BCUT2D eigenvalue weighted by Gasteiger charge is 2.48. The van der Waals surface area contributed by atoms with Gasteiger partial charge in [-0.2, -0.15) is 0 Å². The number of halogens is 2. The molecular formula is C14H13BrClNO7. The van der Waals surface area contributed by atoms with E-state index in [1.807, 2.05) is 0 Å². The van der Waals surface area contributed by atoms with Gasteiger partial charge in [0.15, 0.2) is 6.10 Å². The smallest absolute Gasteiger partial charge is 0.335 e. The molecule has 2 aromatic rings. The van der Waals surface area contributed by atoms with Gasteiger partial charge in [0.05, 0.1) is 15.9 Å². The minimum absolute atomic E-state index is 0.202. The summed E-state index contributed by atoms with van der Waals surface area (Å²) in [6, 6.07) is 3.48. The molecular weight excluding hydrogens is 410 g/mol.